The largest absolute Gasteiger partial charge is 0.465 e. The Morgan fingerprint density at radius 1 is 0.969 bits per heavy atom. The first-order valence-electron chi connectivity index (χ1n) is 11.0. The number of benzene rings is 3. The molecule has 3 aromatic rings. The van der Waals surface area contributed by atoms with Crippen molar-refractivity contribution in [3.05, 3.63) is 101 Å². The van der Waals surface area contributed by atoms with Crippen LogP contribution >= 0.6 is 0 Å². The third-order valence-corrected chi connectivity index (χ3v) is 6.51. The van der Waals surface area contributed by atoms with Crippen molar-refractivity contribution in [3.8, 4) is 0 Å². The molecule has 5 rings (SSSR count). The van der Waals surface area contributed by atoms with Crippen LogP contribution in [-0.4, -0.2) is 25.5 Å². The second kappa shape index (κ2) is 8.15. The molecule has 1 aliphatic carbocycles. The molecule has 0 bridgehead atoms. The van der Waals surface area contributed by atoms with Crippen LogP contribution in [0.15, 0.2) is 72.8 Å². The molecule has 5 nitrogen and oxygen atoms in total. The minimum Gasteiger partial charge on any atom is -0.465 e. The van der Waals surface area contributed by atoms with Crippen LogP contribution in [0.3, 0.4) is 0 Å². The fourth-order valence-electron chi connectivity index (χ4n) is 4.62. The summed E-state index contributed by atoms with van der Waals surface area (Å²) in [4.78, 5) is 27.5. The third kappa shape index (κ3) is 3.75. The first kappa shape index (κ1) is 20.3. The molecule has 0 aromatic heterocycles. The molecule has 0 saturated heterocycles. The molecule has 1 heterocycles. The number of hydrogen-bond acceptors (Lipinski definition) is 4. The Bertz CT molecular complexity index is 1150. The van der Waals surface area contributed by atoms with Gasteiger partial charge in [-0.05, 0) is 54.2 Å². The molecule has 1 fully saturated rings. The zero-order chi connectivity index (χ0) is 22.1. The van der Waals surface area contributed by atoms with Gasteiger partial charge < -0.3 is 15.0 Å². The maximum Gasteiger partial charge on any atom is 0.337 e. The number of esters is 1. The number of amides is 1. The Balaban J connectivity index is 1.38. The number of nitrogens with zero attached hydrogens (tertiary/aromatic N) is 1. The minimum atomic E-state index is -0.364. The number of fused-ring (bicyclic) bond motifs is 1. The second-order valence-electron chi connectivity index (χ2n) is 8.58. The maximum atomic E-state index is 13.4. The summed E-state index contributed by atoms with van der Waals surface area (Å²) in [5, 5.41) is 3.29. The summed E-state index contributed by atoms with van der Waals surface area (Å²) in [7, 11) is 1.37. The van der Waals surface area contributed by atoms with Crippen LogP contribution in [0.2, 0.25) is 0 Å². The number of methoxy groups -OCH3 is 1. The monoisotopic (exact) mass is 426 g/mol. The van der Waals surface area contributed by atoms with Gasteiger partial charge in [-0.15, -0.1) is 0 Å². The van der Waals surface area contributed by atoms with Gasteiger partial charge >= 0.3 is 5.97 Å². The van der Waals surface area contributed by atoms with E-state index in [1.165, 1.54) is 18.2 Å². The van der Waals surface area contributed by atoms with Gasteiger partial charge in [-0.3, -0.25) is 4.79 Å². The van der Waals surface area contributed by atoms with E-state index in [9.17, 15) is 9.59 Å². The quantitative estimate of drug-likeness (QED) is 0.592. The average molecular weight is 427 g/mol. The maximum absolute atomic E-state index is 13.4. The molecule has 3 aromatic carbocycles. The Labute approximate surface area is 188 Å². The second-order valence-corrected chi connectivity index (χ2v) is 8.58. The van der Waals surface area contributed by atoms with Gasteiger partial charge in [0.25, 0.3) is 5.91 Å². The molecule has 0 radical (unpaired) electrons. The standard InChI is InChI=1S/C27H26N2O3/c1-32-26(31)21-10-12-22(13-11-21)27(15-16-27)28-25(30)23-9-5-8-20-14-17-29(24(20)23)18-19-6-3-2-4-7-19/h2-13H,14-18H2,1H3,(H,28,30). The SMILES string of the molecule is COC(=O)c1ccc(C2(NC(=O)c3cccc4c3N(Cc3ccccc3)CC4)CC2)cc1. The van der Waals surface area contributed by atoms with Crippen molar-refractivity contribution in [3.63, 3.8) is 0 Å². The molecule has 0 spiro atoms. The van der Waals surface area contributed by atoms with Crippen molar-refractivity contribution < 1.29 is 14.3 Å². The zero-order valence-electron chi connectivity index (χ0n) is 18.1. The molecule has 1 N–H and O–H groups in total. The molecule has 1 amide bonds. The highest BCUT2D eigenvalue weighted by molar-refractivity contribution is 6.01. The van der Waals surface area contributed by atoms with E-state index in [1.54, 1.807) is 12.1 Å². The van der Waals surface area contributed by atoms with Gasteiger partial charge in [-0.1, -0.05) is 54.6 Å². The Morgan fingerprint density at radius 3 is 2.41 bits per heavy atom. The normalized spacial score (nSPS) is 15.7. The minimum absolute atomic E-state index is 0.0450. The fraction of sp³-hybridized carbons (Fsp3) is 0.259. The molecule has 0 unspecified atom stereocenters. The van der Waals surface area contributed by atoms with Crippen molar-refractivity contribution in [1.82, 2.24) is 5.32 Å². The van der Waals surface area contributed by atoms with Crippen LogP contribution in [0.4, 0.5) is 5.69 Å². The van der Waals surface area contributed by atoms with Crippen LogP contribution in [0.25, 0.3) is 0 Å². The summed E-state index contributed by atoms with van der Waals surface area (Å²) in [5.74, 6) is -0.403. The van der Waals surface area contributed by atoms with E-state index in [2.05, 4.69) is 28.4 Å². The lowest BCUT2D eigenvalue weighted by molar-refractivity contribution is 0.0600. The molecular formula is C27H26N2O3. The Kier molecular flexibility index (Phi) is 5.17. The Hall–Kier alpha value is -3.60. The van der Waals surface area contributed by atoms with E-state index in [4.69, 9.17) is 4.74 Å². The van der Waals surface area contributed by atoms with E-state index in [-0.39, 0.29) is 17.4 Å². The van der Waals surface area contributed by atoms with Crippen LogP contribution in [0.1, 0.15) is 50.2 Å². The molecule has 2 aliphatic rings. The van der Waals surface area contributed by atoms with Crippen molar-refractivity contribution >= 4 is 17.6 Å². The van der Waals surface area contributed by atoms with Gasteiger partial charge in [-0.25, -0.2) is 4.79 Å². The van der Waals surface area contributed by atoms with Gasteiger partial charge in [0.1, 0.15) is 0 Å². The molecule has 162 valence electrons. The van der Waals surface area contributed by atoms with E-state index >= 15 is 0 Å². The Morgan fingerprint density at radius 2 is 1.72 bits per heavy atom. The van der Waals surface area contributed by atoms with E-state index in [0.29, 0.717) is 5.56 Å². The lowest BCUT2D eigenvalue weighted by Crippen LogP contribution is -2.36. The summed E-state index contributed by atoms with van der Waals surface area (Å²) >= 11 is 0. The summed E-state index contributed by atoms with van der Waals surface area (Å²) in [6.07, 6.45) is 2.72. The number of para-hydroxylation sites is 1. The lowest BCUT2D eigenvalue weighted by Gasteiger charge is -2.24. The van der Waals surface area contributed by atoms with Crippen LogP contribution in [0.5, 0.6) is 0 Å². The highest BCUT2D eigenvalue weighted by Crippen LogP contribution is 2.46. The summed E-state index contributed by atoms with van der Waals surface area (Å²) in [6, 6.07) is 23.7. The van der Waals surface area contributed by atoms with Crippen molar-refractivity contribution in [2.45, 2.75) is 31.3 Å². The number of anilines is 1. The van der Waals surface area contributed by atoms with Gasteiger partial charge in [0.05, 0.1) is 29.5 Å². The van der Waals surface area contributed by atoms with Crippen molar-refractivity contribution in [2.24, 2.45) is 0 Å². The first-order chi connectivity index (χ1) is 15.6. The van der Waals surface area contributed by atoms with E-state index in [0.717, 1.165) is 49.2 Å². The zero-order valence-corrected chi connectivity index (χ0v) is 18.1. The number of carbonyl (C=O) groups excluding carboxylic acids is 2. The highest BCUT2D eigenvalue weighted by atomic mass is 16.5. The average Bonchev–Trinajstić information content (AvgIpc) is 3.51. The number of hydrogen-bond donors (Lipinski definition) is 1. The highest BCUT2D eigenvalue weighted by Gasteiger charge is 2.46. The van der Waals surface area contributed by atoms with Crippen LogP contribution in [0, 0.1) is 0 Å². The van der Waals surface area contributed by atoms with Gasteiger partial charge in [-0.2, -0.15) is 0 Å². The predicted molar refractivity (Wildman–Crippen MR) is 124 cm³/mol. The fourth-order valence-corrected chi connectivity index (χ4v) is 4.62. The van der Waals surface area contributed by atoms with Crippen molar-refractivity contribution in [1.29, 1.82) is 0 Å². The smallest absolute Gasteiger partial charge is 0.337 e. The van der Waals surface area contributed by atoms with Crippen molar-refractivity contribution in [2.75, 3.05) is 18.6 Å². The molecule has 1 aliphatic heterocycles. The van der Waals surface area contributed by atoms with E-state index < -0.39 is 0 Å². The predicted octanol–water partition coefficient (Wildman–Crippen LogP) is 4.46. The van der Waals surface area contributed by atoms with Gasteiger partial charge in [0, 0.05) is 13.1 Å². The molecule has 32 heavy (non-hydrogen) atoms. The number of carbonyl (C=O) groups is 2. The third-order valence-electron chi connectivity index (χ3n) is 6.51. The number of nitrogens with one attached hydrogen (secondary N) is 1. The molecule has 0 atom stereocenters. The molecular weight excluding hydrogens is 400 g/mol. The van der Waals surface area contributed by atoms with Gasteiger partial charge in [0.2, 0.25) is 0 Å². The van der Waals surface area contributed by atoms with Crippen LogP contribution < -0.4 is 10.2 Å². The summed E-state index contributed by atoms with van der Waals surface area (Å²) in [6.45, 7) is 1.70. The summed E-state index contributed by atoms with van der Waals surface area (Å²) < 4.78 is 4.78. The lowest BCUT2D eigenvalue weighted by atomic mass is 10.0. The number of rotatable bonds is 6. The van der Waals surface area contributed by atoms with E-state index in [1.807, 2.05) is 42.5 Å². The van der Waals surface area contributed by atoms with Gasteiger partial charge in [0.15, 0.2) is 0 Å². The van der Waals surface area contributed by atoms with Crippen LogP contribution in [-0.2, 0) is 23.2 Å². The summed E-state index contributed by atoms with van der Waals surface area (Å²) in [5.41, 5.74) is 5.40. The first-order valence-corrected chi connectivity index (χ1v) is 11.0. The number of ether oxygens (including phenoxy) is 1. The molecule has 5 heteroatoms. The molecule has 1 saturated carbocycles. The topological polar surface area (TPSA) is 58.6 Å².